The highest BCUT2D eigenvalue weighted by molar-refractivity contribution is 5.93. The standard InChI is InChI=1S/C13H15NO3/c1-13-8-5-3-4-7(12(15)16-2)10(8)17-6-9(13)11(13)14/h3-5,9,11H,6,14H2,1-2H3. The molecule has 0 saturated heterocycles. The Morgan fingerprint density at radius 3 is 3.06 bits per heavy atom. The maximum atomic E-state index is 11.7. The van der Waals surface area contributed by atoms with Gasteiger partial charge in [-0.15, -0.1) is 0 Å². The van der Waals surface area contributed by atoms with Crippen LogP contribution in [0, 0.1) is 5.92 Å². The van der Waals surface area contributed by atoms with Crippen molar-refractivity contribution in [1.29, 1.82) is 0 Å². The number of para-hydroxylation sites is 1. The smallest absolute Gasteiger partial charge is 0.341 e. The van der Waals surface area contributed by atoms with E-state index in [9.17, 15) is 4.79 Å². The first-order valence-electron chi connectivity index (χ1n) is 5.71. The molecule has 4 heteroatoms. The summed E-state index contributed by atoms with van der Waals surface area (Å²) in [6.07, 6.45) is 0. The molecule has 1 aromatic carbocycles. The SMILES string of the molecule is COC(=O)c1cccc2c1OCC1C(N)C21C. The van der Waals surface area contributed by atoms with Crippen molar-refractivity contribution in [2.24, 2.45) is 11.7 Å². The number of carbonyl (C=O) groups is 1. The van der Waals surface area contributed by atoms with Gasteiger partial charge in [0.15, 0.2) is 0 Å². The van der Waals surface area contributed by atoms with E-state index in [1.54, 1.807) is 6.07 Å². The van der Waals surface area contributed by atoms with E-state index in [1.165, 1.54) is 7.11 Å². The van der Waals surface area contributed by atoms with Gasteiger partial charge >= 0.3 is 5.97 Å². The number of methoxy groups -OCH3 is 1. The third kappa shape index (κ3) is 1.19. The zero-order valence-electron chi connectivity index (χ0n) is 9.90. The summed E-state index contributed by atoms with van der Waals surface area (Å²) >= 11 is 0. The topological polar surface area (TPSA) is 61.5 Å². The maximum absolute atomic E-state index is 11.7. The lowest BCUT2D eigenvalue weighted by Crippen LogP contribution is -2.21. The summed E-state index contributed by atoms with van der Waals surface area (Å²) in [6, 6.07) is 5.69. The fraction of sp³-hybridized carbons (Fsp3) is 0.462. The molecule has 3 rings (SSSR count). The van der Waals surface area contributed by atoms with Crippen LogP contribution < -0.4 is 10.5 Å². The van der Waals surface area contributed by atoms with Gasteiger partial charge in [-0.3, -0.25) is 0 Å². The Balaban J connectivity index is 2.14. The van der Waals surface area contributed by atoms with Crippen LogP contribution in [0.25, 0.3) is 0 Å². The van der Waals surface area contributed by atoms with E-state index in [0.717, 1.165) is 5.56 Å². The molecule has 90 valence electrons. The molecule has 0 bridgehead atoms. The van der Waals surface area contributed by atoms with Gasteiger partial charge in [-0.2, -0.15) is 0 Å². The molecule has 0 amide bonds. The molecular weight excluding hydrogens is 218 g/mol. The molecule has 1 aliphatic carbocycles. The Bertz CT molecular complexity index is 499. The predicted octanol–water partition coefficient (Wildman–Crippen LogP) is 1.08. The number of benzene rings is 1. The molecule has 0 aromatic heterocycles. The lowest BCUT2D eigenvalue weighted by atomic mass is 9.90. The lowest BCUT2D eigenvalue weighted by molar-refractivity contribution is 0.0594. The van der Waals surface area contributed by atoms with Gasteiger partial charge in [0.2, 0.25) is 0 Å². The zero-order chi connectivity index (χ0) is 12.2. The Morgan fingerprint density at radius 2 is 2.35 bits per heavy atom. The fourth-order valence-electron chi connectivity index (χ4n) is 2.85. The van der Waals surface area contributed by atoms with Crippen molar-refractivity contribution in [1.82, 2.24) is 0 Å². The van der Waals surface area contributed by atoms with E-state index in [0.29, 0.717) is 23.8 Å². The number of hydrogen-bond donors (Lipinski definition) is 1. The van der Waals surface area contributed by atoms with Crippen LogP contribution >= 0.6 is 0 Å². The van der Waals surface area contributed by atoms with Gasteiger partial charge in [0.05, 0.1) is 13.7 Å². The second-order valence-corrected chi connectivity index (χ2v) is 4.90. The number of fused-ring (bicyclic) bond motifs is 3. The van der Waals surface area contributed by atoms with Crippen LogP contribution in [-0.2, 0) is 10.2 Å². The van der Waals surface area contributed by atoms with Gasteiger partial charge in [0.25, 0.3) is 0 Å². The van der Waals surface area contributed by atoms with Crippen LogP contribution in [0.2, 0.25) is 0 Å². The van der Waals surface area contributed by atoms with Crippen molar-refractivity contribution >= 4 is 5.97 Å². The third-order valence-electron chi connectivity index (χ3n) is 4.20. The summed E-state index contributed by atoms with van der Waals surface area (Å²) in [4.78, 5) is 11.7. The Morgan fingerprint density at radius 1 is 1.59 bits per heavy atom. The highest BCUT2D eigenvalue weighted by Crippen LogP contribution is 2.58. The minimum atomic E-state index is -0.363. The predicted molar refractivity (Wildman–Crippen MR) is 62.1 cm³/mol. The molecule has 0 spiro atoms. The molecule has 1 fully saturated rings. The first kappa shape index (κ1) is 10.6. The molecule has 0 radical (unpaired) electrons. The molecule has 1 aliphatic heterocycles. The maximum Gasteiger partial charge on any atom is 0.341 e. The molecule has 1 heterocycles. The molecule has 17 heavy (non-hydrogen) atoms. The molecule has 3 atom stereocenters. The molecule has 1 aromatic rings. The number of nitrogens with two attached hydrogens (primary N) is 1. The van der Waals surface area contributed by atoms with Gasteiger partial charge in [-0.1, -0.05) is 19.1 Å². The zero-order valence-corrected chi connectivity index (χ0v) is 9.90. The average molecular weight is 233 g/mol. The summed E-state index contributed by atoms with van der Waals surface area (Å²) in [5, 5.41) is 0. The minimum Gasteiger partial charge on any atom is -0.492 e. The van der Waals surface area contributed by atoms with Crippen molar-refractivity contribution < 1.29 is 14.3 Å². The highest BCUT2D eigenvalue weighted by atomic mass is 16.5. The second kappa shape index (κ2) is 3.23. The van der Waals surface area contributed by atoms with E-state index < -0.39 is 0 Å². The van der Waals surface area contributed by atoms with Gasteiger partial charge < -0.3 is 15.2 Å². The fourth-order valence-corrected chi connectivity index (χ4v) is 2.85. The van der Waals surface area contributed by atoms with E-state index in [1.807, 2.05) is 12.1 Å². The molecule has 1 saturated carbocycles. The highest BCUT2D eigenvalue weighted by Gasteiger charge is 2.63. The molecule has 2 N–H and O–H groups in total. The van der Waals surface area contributed by atoms with Crippen LogP contribution in [0.3, 0.4) is 0 Å². The van der Waals surface area contributed by atoms with Crippen LogP contribution in [0.4, 0.5) is 0 Å². The Kier molecular flexibility index (Phi) is 2.01. The summed E-state index contributed by atoms with van der Waals surface area (Å²) < 4.78 is 10.4. The van der Waals surface area contributed by atoms with Gasteiger partial charge in [-0.05, 0) is 6.07 Å². The first-order chi connectivity index (χ1) is 8.10. The number of hydrogen-bond acceptors (Lipinski definition) is 4. The van der Waals surface area contributed by atoms with Crippen molar-refractivity contribution in [2.45, 2.75) is 18.4 Å². The van der Waals surface area contributed by atoms with Crippen molar-refractivity contribution in [3.63, 3.8) is 0 Å². The number of ether oxygens (including phenoxy) is 2. The molecular formula is C13H15NO3. The summed E-state index contributed by atoms with van der Waals surface area (Å²) in [7, 11) is 1.37. The molecule has 3 unspecified atom stereocenters. The van der Waals surface area contributed by atoms with Crippen LogP contribution in [-0.4, -0.2) is 25.7 Å². The van der Waals surface area contributed by atoms with Crippen molar-refractivity contribution in [3.8, 4) is 5.75 Å². The quantitative estimate of drug-likeness (QED) is 0.737. The van der Waals surface area contributed by atoms with Crippen LogP contribution in [0.5, 0.6) is 5.75 Å². The van der Waals surface area contributed by atoms with E-state index >= 15 is 0 Å². The first-order valence-corrected chi connectivity index (χ1v) is 5.71. The number of carbonyl (C=O) groups excluding carboxylic acids is 1. The summed E-state index contributed by atoms with van der Waals surface area (Å²) in [6.45, 7) is 2.71. The lowest BCUT2D eigenvalue weighted by Gasteiger charge is -2.24. The second-order valence-electron chi connectivity index (χ2n) is 4.90. The van der Waals surface area contributed by atoms with E-state index in [4.69, 9.17) is 15.2 Å². The Labute approximate surface area is 99.7 Å². The summed E-state index contributed by atoms with van der Waals surface area (Å²) in [5.41, 5.74) is 7.56. The largest absolute Gasteiger partial charge is 0.492 e. The molecule has 2 aliphatic rings. The number of esters is 1. The third-order valence-corrected chi connectivity index (χ3v) is 4.20. The van der Waals surface area contributed by atoms with Crippen molar-refractivity contribution in [2.75, 3.05) is 13.7 Å². The van der Waals surface area contributed by atoms with Gasteiger partial charge in [0.1, 0.15) is 11.3 Å². The van der Waals surface area contributed by atoms with Gasteiger partial charge in [-0.25, -0.2) is 4.79 Å². The number of rotatable bonds is 1. The van der Waals surface area contributed by atoms with Crippen molar-refractivity contribution in [3.05, 3.63) is 29.3 Å². The monoisotopic (exact) mass is 233 g/mol. The van der Waals surface area contributed by atoms with E-state index in [2.05, 4.69) is 6.92 Å². The Hall–Kier alpha value is -1.55. The average Bonchev–Trinajstić information content (AvgIpc) is 2.91. The van der Waals surface area contributed by atoms with Crippen LogP contribution in [0.1, 0.15) is 22.8 Å². The van der Waals surface area contributed by atoms with E-state index in [-0.39, 0.29) is 17.4 Å². The molecule has 4 nitrogen and oxygen atoms in total. The minimum absolute atomic E-state index is 0.0440. The van der Waals surface area contributed by atoms with Gasteiger partial charge in [0, 0.05) is 22.9 Å². The van der Waals surface area contributed by atoms with Crippen LogP contribution in [0.15, 0.2) is 18.2 Å². The normalized spacial score (nSPS) is 33.1. The summed E-state index contributed by atoms with van der Waals surface area (Å²) in [5.74, 6) is 0.645.